The van der Waals surface area contributed by atoms with Crippen molar-refractivity contribution in [3.8, 4) is 0 Å². The first-order chi connectivity index (χ1) is 9.99. The van der Waals surface area contributed by atoms with Crippen LogP contribution in [0.5, 0.6) is 0 Å². The molecule has 2 rings (SSSR count). The van der Waals surface area contributed by atoms with Crippen LogP contribution < -0.4 is 16.4 Å². The molecule has 1 fully saturated rings. The zero-order valence-corrected chi connectivity index (χ0v) is 12.6. The van der Waals surface area contributed by atoms with Crippen molar-refractivity contribution in [1.29, 1.82) is 0 Å². The number of hydrogen-bond donors (Lipinski definition) is 3. The molecular formula is C14H19ClN4O2. The first-order valence-corrected chi connectivity index (χ1v) is 7.16. The van der Waals surface area contributed by atoms with Crippen molar-refractivity contribution in [3.63, 3.8) is 0 Å². The molecule has 1 unspecified atom stereocenters. The Kier molecular flexibility index (Phi) is 5.17. The number of aryl methyl sites for hydroxylation is 1. The molecule has 0 aliphatic carbocycles. The molecule has 0 spiro atoms. The van der Waals surface area contributed by atoms with Gasteiger partial charge >= 0.3 is 0 Å². The molecule has 2 amide bonds. The van der Waals surface area contributed by atoms with Crippen molar-refractivity contribution in [2.45, 2.75) is 13.0 Å². The van der Waals surface area contributed by atoms with E-state index in [-0.39, 0.29) is 12.5 Å². The Morgan fingerprint density at radius 1 is 1.52 bits per heavy atom. The van der Waals surface area contributed by atoms with E-state index in [2.05, 4.69) is 10.6 Å². The van der Waals surface area contributed by atoms with E-state index in [0.717, 1.165) is 12.1 Å². The maximum absolute atomic E-state index is 12.2. The van der Waals surface area contributed by atoms with E-state index in [1.165, 1.54) is 0 Å². The van der Waals surface area contributed by atoms with E-state index in [4.69, 9.17) is 17.3 Å². The SMILES string of the molecule is Cc1cccc(Cl)c1NC(=O)CN1CCNCC1C(N)=O. The van der Waals surface area contributed by atoms with Crippen molar-refractivity contribution < 1.29 is 9.59 Å². The fourth-order valence-electron chi connectivity index (χ4n) is 2.37. The molecule has 0 radical (unpaired) electrons. The van der Waals surface area contributed by atoms with Gasteiger partial charge in [0.2, 0.25) is 11.8 Å². The van der Waals surface area contributed by atoms with Gasteiger partial charge in [-0.15, -0.1) is 0 Å². The molecule has 6 nitrogen and oxygen atoms in total. The molecule has 114 valence electrons. The molecule has 7 heteroatoms. The molecule has 21 heavy (non-hydrogen) atoms. The van der Waals surface area contributed by atoms with Gasteiger partial charge in [0.15, 0.2) is 0 Å². The molecular weight excluding hydrogens is 292 g/mol. The lowest BCUT2D eigenvalue weighted by molar-refractivity contribution is -0.125. The van der Waals surface area contributed by atoms with Crippen LogP contribution >= 0.6 is 11.6 Å². The van der Waals surface area contributed by atoms with Crippen LogP contribution in [0.4, 0.5) is 5.69 Å². The average Bonchev–Trinajstić information content (AvgIpc) is 2.43. The summed E-state index contributed by atoms with van der Waals surface area (Å²) >= 11 is 6.08. The topological polar surface area (TPSA) is 87.5 Å². The summed E-state index contributed by atoms with van der Waals surface area (Å²) in [4.78, 5) is 25.3. The number of primary amides is 1. The largest absolute Gasteiger partial charge is 0.368 e. The minimum absolute atomic E-state index is 0.111. The van der Waals surface area contributed by atoms with Crippen LogP contribution in [0.1, 0.15) is 5.56 Å². The summed E-state index contributed by atoms with van der Waals surface area (Å²) in [6.45, 7) is 3.77. The van der Waals surface area contributed by atoms with E-state index in [1.54, 1.807) is 11.0 Å². The molecule has 0 saturated carbocycles. The quantitative estimate of drug-likeness (QED) is 0.748. The van der Waals surface area contributed by atoms with E-state index in [0.29, 0.717) is 23.8 Å². The van der Waals surface area contributed by atoms with Crippen molar-refractivity contribution in [3.05, 3.63) is 28.8 Å². The van der Waals surface area contributed by atoms with Gasteiger partial charge < -0.3 is 16.4 Å². The number of hydrogen-bond acceptors (Lipinski definition) is 4. The molecule has 1 heterocycles. The normalized spacial score (nSPS) is 19.2. The summed E-state index contributed by atoms with van der Waals surface area (Å²) in [7, 11) is 0. The lowest BCUT2D eigenvalue weighted by Gasteiger charge is -2.33. The third-order valence-corrected chi connectivity index (χ3v) is 3.83. The molecule has 1 aliphatic rings. The number of amides is 2. The predicted molar refractivity (Wildman–Crippen MR) is 82.2 cm³/mol. The lowest BCUT2D eigenvalue weighted by atomic mass is 10.1. The number of nitrogens with two attached hydrogens (primary N) is 1. The van der Waals surface area contributed by atoms with E-state index in [1.807, 2.05) is 19.1 Å². The zero-order chi connectivity index (χ0) is 15.4. The second kappa shape index (κ2) is 6.89. The van der Waals surface area contributed by atoms with Crippen molar-refractivity contribution in [2.75, 3.05) is 31.5 Å². The molecule has 1 aromatic carbocycles. The van der Waals surface area contributed by atoms with Crippen LogP contribution in [0.2, 0.25) is 5.02 Å². The fraction of sp³-hybridized carbons (Fsp3) is 0.429. The summed E-state index contributed by atoms with van der Waals surface area (Å²) in [6, 6.07) is 4.96. The van der Waals surface area contributed by atoms with Gasteiger partial charge in [-0.05, 0) is 18.6 Å². The third kappa shape index (κ3) is 3.93. The van der Waals surface area contributed by atoms with Gasteiger partial charge in [-0.2, -0.15) is 0 Å². The highest BCUT2D eigenvalue weighted by atomic mass is 35.5. The van der Waals surface area contributed by atoms with Crippen molar-refractivity contribution >= 4 is 29.1 Å². The summed E-state index contributed by atoms with van der Waals surface area (Å²) in [5, 5.41) is 6.39. The van der Waals surface area contributed by atoms with Crippen molar-refractivity contribution in [2.24, 2.45) is 5.73 Å². The Balaban J connectivity index is 2.02. The van der Waals surface area contributed by atoms with Gasteiger partial charge in [0, 0.05) is 19.6 Å². The monoisotopic (exact) mass is 310 g/mol. The molecule has 0 aromatic heterocycles. The number of rotatable bonds is 4. The van der Waals surface area contributed by atoms with Gasteiger partial charge in [-0.25, -0.2) is 0 Å². The van der Waals surface area contributed by atoms with E-state index >= 15 is 0 Å². The van der Waals surface area contributed by atoms with Crippen LogP contribution in [-0.4, -0.2) is 48.9 Å². The standard InChI is InChI=1S/C14H19ClN4O2/c1-9-3-2-4-10(15)13(9)18-12(20)8-19-6-5-17-7-11(19)14(16)21/h2-4,11,17H,5-8H2,1H3,(H2,16,21)(H,18,20). The number of para-hydroxylation sites is 1. The van der Waals surface area contributed by atoms with Gasteiger partial charge in [-0.1, -0.05) is 23.7 Å². The number of nitrogens with zero attached hydrogens (tertiary/aromatic N) is 1. The van der Waals surface area contributed by atoms with Crippen LogP contribution in [0.3, 0.4) is 0 Å². The first kappa shape index (κ1) is 15.8. The summed E-state index contributed by atoms with van der Waals surface area (Å²) < 4.78 is 0. The molecule has 1 atom stereocenters. The number of carbonyl (C=O) groups is 2. The predicted octanol–water partition coefficient (Wildman–Crippen LogP) is 0.346. The molecule has 1 aromatic rings. The van der Waals surface area contributed by atoms with E-state index < -0.39 is 11.9 Å². The maximum atomic E-state index is 12.2. The number of piperazine rings is 1. The smallest absolute Gasteiger partial charge is 0.238 e. The Bertz CT molecular complexity index is 530. The third-order valence-electron chi connectivity index (χ3n) is 3.52. The minimum Gasteiger partial charge on any atom is -0.368 e. The highest BCUT2D eigenvalue weighted by Gasteiger charge is 2.28. The first-order valence-electron chi connectivity index (χ1n) is 6.78. The number of anilines is 1. The average molecular weight is 311 g/mol. The Morgan fingerprint density at radius 2 is 2.29 bits per heavy atom. The van der Waals surface area contributed by atoms with Crippen molar-refractivity contribution in [1.82, 2.24) is 10.2 Å². The number of halogens is 1. The highest BCUT2D eigenvalue weighted by Crippen LogP contribution is 2.25. The minimum atomic E-state index is -0.461. The van der Waals surface area contributed by atoms with Crippen LogP contribution in [0.25, 0.3) is 0 Å². The molecule has 4 N–H and O–H groups in total. The molecule has 1 aliphatic heterocycles. The van der Waals surface area contributed by atoms with Gasteiger partial charge in [0.1, 0.15) is 6.04 Å². The molecule has 0 bridgehead atoms. The lowest BCUT2D eigenvalue weighted by Crippen LogP contribution is -2.58. The Hall–Kier alpha value is -1.63. The zero-order valence-electron chi connectivity index (χ0n) is 11.9. The van der Waals surface area contributed by atoms with E-state index in [9.17, 15) is 9.59 Å². The Morgan fingerprint density at radius 3 is 2.95 bits per heavy atom. The highest BCUT2D eigenvalue weighted by molar-refractivity contribution is 6.33. The fourth-order valence-corrected chi connectivity index (χ4v) is 2.64. The van der Waals surface area contributed by atoms with Gasteiger partial charge in [-0.3, -0.25) is 14.5 Å². The Labute approximate surface area is 128 Å². The number of benzene rings is 1. The maximum Gasteiger partial charge on any atom is 0.238 e. The second-order valence-electron chi connectivity index (χ2n) is 5.07. The molecule has 1 saturated heterocycles. The van der Waals surface area contributed by atoms with Crippen LogP contribution in [0, 0.1) is 6.92 Å². The van der Waals surface area contributed by atoms with Crippen LogP contribution in [0.15, 0.2) is 18.2 Å². The summed E-state index contributed by atoms with van der Waals surface area (Å²) in [5.74, 6) is -0.636. The van der Waals surface area contributed by atoms with Crippen LogP contribution in [-0.2, 0) is 9.59 Å². The van der Waals surface area contributed by atoms with Gasteiger partial charge in [0.05, 0.1) is 17.3 Å². The summed E-state index contributed by atoms with van der Waals surface area (Å²) in [6.07, 6.45) is 0. The number of carbonyl (C=O) groups excluding carboxylic acids is 2. The summed E-state index contributed by atoms with van der Waals surface area (Å²) in [5.41, 5.74) is 6.86. The second-order valence-corrected chi connectivity index (χ2v) is 5.48. The van der Waals surface area contributed by atoms with Gasteiger partial charge in [0.25, 0.3) is 0 Å². The number of nitrogens with one attached hydrogen (secondary N) is 2.